The molecule has 1 amide bonds. The zero-order chi connectivity index (χ0) is 24.5. The molecule has 186 valence electrons. The third kappa shape index (κ3) is 5.34. The Morgan fingerprint density at radius 2 is 1.82 bits per heavy atom. The van der Waals surface area contributed by atoms with Crippen molar-refractivity contribution in [3.63, 3.8) is 0 Å². The van der Waals surface area contributed by atoms with Gasteiger partial charge in [-0.1, -0.05) is 0 Å². The van der Waals surface area contributed by atoms with E-state index in [0.29, 0.717) is 37.4 Å². The van der Waals surface area contributed by atoms with Gasteiger partial charge in [-0.2, -0.15) is 13.2 Å². The monoisotopic (exact) mass is 487 g/mol. The maximum Gasteiger partial charge on any atom is 0.490 e. The molecule has 0 radical (unpaired) electrons. The van der Waals surface area contributed by atoms with E-state index in [-0.39, 0.29) is 29.8 Å². The van der Waals surface area contributed by atoms with Crippen LogP contribution in [-0.2, 0) is 27.4 Å². The number of hydrogen-bond acceptors (Lipinski definition) is 5. The molecule has 12 heteroatoms. The van der Waals surface area contributed by atoms with Gasteiger partial charge in [-0.3, -0.25) is 4.79 Å². The van der Waals surface area contributed by atoms with Gasteiger partial charge in [0.05, 0.1) is 31.1 Å². The normalized spacial score (nSPS) is 24.4. The summed E-state index contributed by atoms with van der Waals surface area (Å²) in [7, 11) is 0. The van der Waals surface area contributed by atoms with Crippen LogP contribution in [0.5, 0.6) is 0 Å². The smallest absolute Gasteiger partial charge is 0.475 e. The average molecular weight is 487 g/mol. The van der Waals surface area contributed by atoms with Crippen molar-refractivity contribution in [2.45, 2.75) is 56.7 Å². The number of carbonyl (C=O) groups excluding carboxylic acids is 1. The molecule has 5 rings (SSSR count). The predicted molar refractivity (Wildman–Crippen MR) is 112 cm³/mol. The molecule has 3 aliphatic heterocycles. The highest BCUT2D eigenvalue weighted by atomic mass is 19.4. The molecule has 0 aliphatic carbocycles. The Hall–Kier alpha value is -2.70. The molecule has 0 saturated carbocycles. The number of carboxylic acid groups (broad SMARTS) is 1. The number of carboxylic acids is 1. The van der Waals surface area contributed by atoms with E-state index in [9.17, 15) is 22.4 Å². The van der Waals surface area contributed by atoms with Crippen molar-refractivity contribution < 1.29 is 41.7 Å². The third-order valence-corrected chi connectivity index (χ3v) is 6.09. The van der Waals surface area contributed by atoms with Crippen molar-refractivity contribution in [3.05, 3.63) is 35.3 Å². The van der Waals surface area contributed by atoms with E-state index in [1.165, 1.54) is 12.1 Å². The Labute approximate surface area is 192 Å². The SMILES string of the molecule is O=C(NC1CC2COCC(C1)N2)c1c2n(c3ccc(F)cc13)CCCOC2.O=C(O)C(F)(F)F. The largest absolute Gasteiger partial charge is 0.490 e. The number of hydrogen-bond donors (Lipinski definition) is 3. The lowest BCUT2D eigenvalue weighted by molar-refractivity contribution is -0.192. The highest BCUT2D eigenvalue weighted by Gasteiger charge is 2.38. The number of ether oxygens (including phenoxy) is 2. The number of amides is 1. The van der Waals surface area contributed by atoms with Gasteiger partial charge in [0.2, 0.25) is 0 Å². The molecule has 3 N–H and O–H groups in total. The summed E-state index contributed by atoms with van der Waals surface area (Å²) >= 11 is 0. The number of piperidine rings is 1. The molecule has 2 bridgehead atoms. The lowest BCUT2D eigenvalue weighted by Gasteiger charge is -2.40. The minimum atomic E-state index is -5.08. The number of aliphatic carboxylic acids is 1. The predicted octanol–water partition coefficient (Wildman–Crippen LogP) is 2.58. The van der Waals surface area contributed by atoms with Crippen LogP contribution in [-0.4, -0.2) is 65.7 Å². The molecule has 1 aromatic carbocycles. The van der Waals surface area contributed by atoms with Crippen LogP contribution in [0.2, 0.25) is 0 Å². The molecule has 3 aliphatic rings. The maximum atomic E-state index is 13.9. The van der Waals surface area contributed by atoms with Crippen LogP contribution in [0.25, 0.3) is 10.9 Å². The molecule has 4 heterocycles. The summed E-state index contributed by atoms with van der Waals surface area (Å²) in [4.78, 5) is 22.1. The van der Waals surface area contributed by atoms with Crippen LogP contribution >= 0.6 is 0 Å². The highest BCUT2D eigenvalue weighted by Crippen LogP contribution is 2.30. The molecular weight excluding hydrogens is 462 g/mol. The quantitative estimate of drug-likeness (QED) is 0.563. The van der Waals surface area contributed by atoms with Gasteiger partial charge in [0, 0.05) is 42.2 Å². The summed E-state index contributed by atoms with van der Waals surface area (Å²) < 4.78 is 59.1. The van der Waals surface area contributed by atoms with Crippen LogP contribution in [0.15, 0.2) is 18.2 Å². The van der Waals surface area contributed by atoms with E-state index in [1.807, 2.05) is 0 Å². The first kappa shape index (κ1) is 24.4. The van der Waals surface area contributed by atoms with E-state index in [0.717, 1.165) is 37.0 Å². The molecule has 8 nitrogen and oxygen atoms in total. The van der Waals surface area contributed by atoms with E-state index in [2.05, 4.69) is 15.2 Å². The highest BCUT2D eigenvalue weighted by molar-refractivity contribution is 6.08. The molecule has 2 atom stereocenters. The molecular formula is C22H25F4N3O5. The van der Waals surface area contributed by atoms with Crippen molar-refractivity contribution in [2.75, 3.05) is 19.8 Å². The second-order valence-corrected chi connectivity index (χ2v) is 8.58. The van der Waals surface area contributed by atoms with Crippen molar-refractivity contribution in [3.8, 4) is 0 Å². The topological polar surface area (TPSA) is 102 Å². The zero-order valence-corrected chi connectivity index (χ0v) is 18.2. The van der Waals surface area contributed by atoms with Gasteiger partial charge in [-0.25, -0.2) is 9.18 Å². The second-order valence-electron chi connectivity index (χ2n) is 8.58. The fraction of sp³-hybridized carbons (Fsp3) is 0.545. The standard InChI is InChI=1S/C20H24FN3O3.C2HF3O2/c21-12-2-3-17-16(6-12)19(18-11-26-5-1-4-24(17)18)20(25)23-13-7-14-9-27-10-15(8-13)22-14;3-2(4,5)1(6)7/h2-3,6,13-15,22H,1,4-5,7-11H2,(H,23,25);(H,6,7). The van der Waals surface area contributed by atoms with Crippen LogP contribution in [0.1, 0.15) is 35.3 Å². The Morgan fingerprint density at radius 1 is 1.15 bits per heavy atom. The summed E-state index contributed by atoms with van der Waals surface area (Å²) in [5.41, 5.74) is 2.31. The molecule has 2 fully saturated rings. The first-order valence-electron chi connectivity index (χ1n) is 11.0. The molecule has 34 heavy (non-hydrogen) atoms. The summed E-state index contributed by atoms with van der Waals surface area (Å²) in [6.07, 6.45) is -2.50. The number of nitrogens with one attached hydrogen (secondary N) is 2. The lowest BCUT2D eigenvalue weighted by atomic mass is 9.92. The Bertz CT molecular complexity index is 1060. The first-order chi connectivity index (χ1) is 16.1. The fourth-order valence-electron chi connectivity index (χ4n) is 4.74. The molecule has 1 aromatic heterocycles. The number of nitrogens with zero attached hydrogens (tertiary/aromatic N) is 1. The number of aromatic nitrogens is 1. The van der Waals surface area contributed by atoms with Crippen molar-refractivity contribution in [2.24, 2.45) is 0 Å². The minimum Gasteiger partial charge on any atom is -0.475 e. The zero-order valence-electron chi connectivity index (χ0n) is 18.2. The van der Waals surface area contributed by atoms with Crippen molar-refractivity contribution in [1.82, 2.24) is 15.2 Å². The van der Waals surface area contributed by atoms with E-state index in [1.54, 1.807) is 6.07 Å². The molecule has 0 spiro atoms. The van der Waals surface area contributed by atoms with E-state index >= 15 is 0 Å². The number of rotatable bonds is 2. The number of fused-ring (bicyclic) bond motifs is 5. The lowest BCUT2D eigenvalue weighted by Crippen LogP contribution is -2.58. The van der Waals surface area contributed by atoms with Gasteiger partial charge in [0.1, 0.15) is 5.82 Å². The number of aryl methyl sites for hydroxylation is 1. The fourth-order valence-corrected chi connectivity index (χ4v) is 4.74. The number of carbonyl (C=O) groups is 2. The van der Waals surface area contributed by atoms with Gasteiger partial charge in [0.25, 0.3) is 5.91 Å². The number of alkyl halides is 3. The van der Waals surface area contributed by atoms with Gasteiger partial charge >= 0.3 is 12.1 Å². The van der Waals surface area contributed by atoms with Crippen LogP contribution in [0, 0.1) is 5.82 Å². The summed E-state index contributed by atoms with van der Waals surface area (Å²) in [5, 5.41) is 14.5. The first-order valence-corrected chi connectivity index (χ1v) is 11.0. The Morgan fingerprint density at radius 3 is 2.47 bits per heavy atom. The van der Waals surface area contributed by atoms with Crippen LogP contribution in [0.3, 0.4) is 0 Å². The average Bonchev–Trinajstić information content (AvgIpc) is 2.89. The van der Waals surface area contributed by atoms with Gasteiger partial charge in [0.15, 0.2) is 0 Å². The second kappa shape index (κ2) is 9.88. The van der Waals surface area contributed by atoms with Gasteiger partial charge in [-0.05, 0) is 37.5 Å². The number of morpholine rings is 1. The van der Waals surface area contributed by atoms with Crippen molar-refractivity contribution >= 4 is 22.8 Å². The third-order valence-electron chi connectivity index (χ3n) is 6.09. The Kier molecular flexibility index (Phi) is 7.10. The number of halogens is 4. The van der Waals surface area contributed by atoms with Crippen molar-refractivity contribution in [1.29, 1.82) is 0 Å². The summed E-state index contributed by atoms with van der Waals surface area (Å²) in [5.74, 6) is -3.21. The van der Waals surface area contributed by atoms with Crippen LogP contribution in [0.4, 0.5) is 17.6 Å². The molecule has 2 saturated heterocycles. The maximum absolute atomic E-state index is 13.9. The Balaban J connectivity index is 0.000000344. The van der Waals surface area contributed by atoms with Gasteiger partial charge in [-0.15, -0.1) is 0 Å². The summed E-state index contributed by atoms with van der Waals surface area (Å²) in [6, 6.07) is 5.36. The van der Waals surface area contributed by atoms with Crippen LogP contribution < -0.4 is 10.6 Å². The van der Waals surface area contributed by atoms with Gasteiger partial charge < -0.3 is 29.8 Å². The van der Waals surface area contributed by atoms with E-state index in [4.69, 9.17) is 19.4 Å². The molecule has 2 unspecified atom stereocenters. The molecule has 2 aromatic rings. The summed E-state index contributed by atoms with van der Waals surface area (Å²) in [6.45, 7) is 3.20. The minimum absolute atomic E-state index is 0.100. The van der Waals surface area contributed by atoms with E-state index < -0.39 is 12.1 Å². The number of benzene rings is 1.